The van der Waals surface area contributed by atoms with Gasteiger partial charge in [-0.15, -0.1) is 0 Å². The van der Waals surface area contributed by atoms with E-state index in [0.717, 1.165) is 24.8 Å². The van der Waals surface area contributed by atoms with Crippen LogP contribution >= 0.6 is 0 Å². The van der Waals surface area contributed by atoms with E-state index in [2.05, 4.69) is 35.3 Å². The van der Waals surface area contributed by atoms with Crippen molar-refractivity contribution < 1.29 is 4.42 Å². The van der Waals surface area contributed by atoms with Crippen LogP contribution in [0.4, 0.5) is 0 Å². The molecule has 0 radical (unpaired) electrons. The Morgan fingerprint density at radius 1 is 1.37 bits per heavy atom. The first-order valence-corrected chi connectivity index (χ1v) is 7.25. The largest absolute Gasteiger partial charge is 0.468 e. The third-order valence-corrected chi connectivity index (χ3v) is 3.80. The minimum Gasteiger partial charge on any atom is -0.468 e. The van der Waals surface area contributed by atoms with Gasteiger partial charge in [0.25, 0.3) is 0 Å². The molecule has 4 nitrogen and oxygen atoms in total. The third kappa shape index (κ3) is 4.64. The van der Waals surface area contributed by atoms with Gasteiger partial charge in [0.1, 0.15) is 5.76 Å². The van der Waals surface area contributed by atoms with Crippen molar-refractivity contribution in [3.8, 4) is 0 Å². The van der Waals surface area contributed by atoms with Crippen LogP contribution in [-0.2, 0) is 13.1 Å². The minimum atomic E-state index is 0.864. The fourth-order valence-electron chi connectivity index (χ4n) is 2.87. The highest BCUT2D eigenvalue weighted by atomic mass is 16.3. The van der Waals surface area contributed by atoms with Gasteiger partial charge in [-0.05, 0) is 59.1 Å². The lowest BCUT2D eigenvalue weighted by Crippen LogP contribution is -2.36. The molecule has 1 aromatic rings. The van der Waals surface area contributed by atoms with Crippen LogP contribution in [0.1, 0.15) is 24.2 Å². The Morgan fingerprint density at radius 3 is 2.74 bits per heavy atom. The predicted octanol–water partition coefficient (Wildman–Crippen LogP) is 1.77. The number of hydrogen-bond acceptors (Lipinski definition) is 4. The van der Waals surface area contributed by atoms with Gasteiger partial charge >= 0.3 is 0 Å². The molecule has 0 saturated carbocycles. The lowest BCUT2D eigenvalue weighted by atomic mass is 9.96. The molecule has 108 valence electrons. The van der Waals surface area contributed by atoms with Gasteiger partial charge in [0.2, 0.25) is 0 Å². The molecule has 0 aliphatic carbocycles. The standard InChI is InChI=1S/C15H27N3O/c1-16-9-14-8-15(19-12-14)11-18-6-4-13(5-7-18)10-17(2)3/h8,12-13,16H,4-7,9-11H2,1-3H3. The van der Waals surface area contributed by atoms with Crippen LogP contribution in [0.2, 0.25) is 0 Å². The lowest BCUT2D eigenvalue weighted by molar-refractivity contribution is 0.149. The minimum absolute atomic E-state index is 0.864. The molecule has 1 aliphatic heterocycles. The Kier molecular flexibility index (Phi) is 5.43. The fraction of sp³-hybridized carbons (Fsp3) is 0.733. The summed E-state index contributed by atoms with van der Waals surface area (Å²) in [4.78, 5) is 4.81. The predicted molar refractivity (Wildman–Crippen MR) is 78.0 cm³/mol. The maximum Gasteiger partial charge on any atom is 0.118 e. The Morgan fingerprint density at radius 2 is 2.11 bits per heavy atom. The average Bonchev–Trinajstić information content (AvgIpc) is 2.79. The molecule has 0 spiro atoms. The van der Waals surface area contributed by atoms with Crippen molar-refractivity contribution in [3.05, 3.63) is 23.7 Å². The summed E-state index contributed by atoms with van der Waals surface area (Å²) in [6.45, 7) is 5.45. The van der Waals surface area contributed by atoms with Crippen LogP contribution in [0, 0.1) is 5.92 Å². The smallest absolute Gasteiger partial charge is 0.118 e. The van der Waals surface area contributed by atoms with Crippen molar-refractivity contribution in [1.82, 2.24) is 15.1 Å². The van der Waals surface area contributed by atoms with Gasteiger partial charge < -0.3 is 14.6 Å². The van der Waals surface area contributed by atoms with Crippen LogP contribution in [0.5, 0.6) is 0 Å². The van der Waals surface area contributed by atoms with Crippen LogP contribution in [-0.4, -0.2) is 50.6 Å². The molecule has 0 unspecified atom stereocenters. The second kappa shape index (κ2) is 7.08. The number of rotatable bonds is 6. The highest BCUT2D eigenvalue weighted by Crippen LogP contribution is 2.20. The Labute approximate surface area is 116 Å². The summed E-state index contributed by atoms with van der Waals surface area (Å²) in [5, 5.41) is 3.15. The molecule has 2 heterocycles. The molecular formula is C15H27N3O. The molecule has 1 aliphatic rings. The monoisotopic (exact) mass is 265 g/mol. The second-order valence-electron chi connectivity index (χ2n) is 5.93. The average molecular weight is 265 g/mol. The normalized spacial score (nSPS) is 18.3. The molecule has 19 heavy (non-hydrogen) atoms. The van der Waals surface area contributed by atoms with E-state index in [1.807, 2.05) is 13.3 Å². The van der Waals surface area contributed by atoms with Gasteiger partial charge in [0, 0.05) is 18.7 Å². The number of likely N-dealkylation sites (tertiary alicyclic amines) is 1. The summed E-state index contributed by atoms with van der Waals surface area (Å²) in [5.74, 6) is 1.96. The fourth-order valence-corrected chi connectivity index (χ4v) is 2.87. The molecule has 2 rings (SSSR count). The van der Waals surface area contributed by atoms with Crippen molar-refractivity contribution >= 4 is 0 Å². The van der Waals surface area contributed by atoms with Crippen LogP contribution in [0.25, 0.3) is 0 Å². The van der Waals surface area contributed by atoms with Gasteiger partial charge in [0.05, 0.1) is 12.8 Å². The van der Waals surface area contributed by atoms with E-state index >= 15 is 0 Å². The molecule has 1 N–H and O–H groups in total. The van der Waals surface area contributed by atoms with Gasteiger partial charge in [-0.25, -0.2) is 0 Å². The summed E-state index contributed by atoms with van der Waals surface area (Å²) >= 11 is 0. The molecule has 0 amide bonds. The van der Waals surface area contributed by atoms with Crippen LogP contribution in [0.3, 0.4) is 0 Å². The van der Waals surface area contributed by atoms with E-state index in [1.165, 1.54) is 38.0 Å². The van der Waals surface area contributed by atoms with Crippen LogP contribution in [0.15, 0.2) is 16.7 Å². The molecule has 0 bridgehead atoms. The molecule has 4 heteroatoms. The first-order valence-electron chi connectivity index (χ1n) is 7.25. The van der Waals surface area contributed by atoms with E-state index in [0.29, 0.717) is 0 Å². The van der Waals surface area contributed by atoms with Crippen molar-refractivity contribution in [1.29, 1.82) is 0 Å². The zero-order chi connectivity index (χ0) is 13.7. The van der Waals surface area contributed by atoms with Crippen molar-refractivity contribution in [2.75, 3.05) is 40.8 Å². The number of nitrogens with zero attached hydrogens (tertiary/aromatic N) is 2. The Balaban J connectivity index is 1.75. The van der Waals surface area contributed by atoms with E-state index in [9.17, 15) is 0 Å². The highest BCUT2D eigenvalue weighted by molar-refractivity contribution is 5.12. The zero-order valence-electron chi connectivity index (χ0n) is 12.5. The molecule has 0 atom stereocenters. The first-order chi connectivity index (χ1) is 9.17. The SMILES string of the molecule is CNCc1coc(CN2CCC(CN(C)C)CC2)c1. The maximum atomic E-state index is 5.62. The zero-order valence-corrected chi connectivity index (χ0v) is 12.5. The molecular weight excluding hydrogens is 238 g/mol. The summed E-state index contributed by atoms with van der Waals surface area (Å²) in [6.07, 6.45) is 4.48. The maximum absolute atomic E-state index is 5.62. The van der Waals surface area contributed by atoms with Crippen molar-refractivity contribution in [3.63, 3.8) is 0 Å². The van der Waals surface area contributed by atoms with Crippen LogP contribution < -0.4 is 5.32 Å². The number of nitrogens with one attached hydrogen (secondary N) is 1. The van der Waals surface area contributed by atoms with Gasteiger partial charge in [-0.1, -0.05) is 0 Å². The van der Waals surface area contributed by atoms with Gasteiger partial charge in [0.15, 0.2) is 0 Å². The molecule has 1 fully saturated rings. The van der Waals surface area contributed by atoms with E-state index in [1.54, 1.807) is 0 Å². The van der Waals surface area contributed by atoms with E-state index in [-0.39, 0.29) is 0 Å². The van der Waals surface area contributed by atoms with Gasteiger partial charge in [-0.2, -0.15) is 0 Å². The number of hydrogen-bond donors (Lipinski definition) is 1. The second-order valence-corrected chi connectivity index (χ2v) is 5.93. The van der Waals surface area contributed by atoms with E-state index < -0.39 is 0 Å². The Hall–Kier alpha value is -0.840. The summed E-state index contributed by atoms with van der Waals surface area (Å²) in [6, 6.07) is 2.17. The Bertz CT molecular complexity index is 367. The van der Waals surface area contributed by atoms with E-state index in [4.69, 9.17) is 4.42 Å². The molecule has 0 aromatic carbocycles. The topological polar surface area (TPSA) is 31.7 Å². The number of furan rings is 1. The number of piperidine rings is 1. The summed E-state index contributed by atoms with van der Waals surface area (Å²) < 4.78 is 5.62. The highest BCUT2D eigenvalue weighted by Gasteiger charge is 2.20. The first kappa shape index (κ1) is 14.6. The quantitative estimate of drug-likeness (QED) is 0.849. The lowest BCUT2D eigenvalue weighted by Gasteiger charge is -2.32. The third-order valence-electron chi connectivity index (χ3n) is 3.80. The van der Waals surface area contributed by atoms with Crippen molar-refractivity contribution in [2.45, 2.75) is 25.9 Å². The van der Waals surface area contributed by atoms with Crippen molar-refractivity contribution in [2.24, 2.45) is 5.92 Å². The summed E-state index contributed by atoms with van der Waals surface area (Å²) in [5.41, 5.74) is 1.24. The molecule has 1 saturated heterocycles. The van der Waals surface area contributed by atoms with Gasteiger partial charge in [-0.3, -0.25) is 4.90 Å². The summed E-state index contributed by atoms with van der Waals surface area (Å²) in [7, 11) is 6.29. The molecule has 1 aromatic heterocycles.